The highest BCUT2D eigenvalue weighted by atomic mass is 16.5. The summed E-state index contributed by atoms with van der Waals surface area (Å²) < 4.78 is 5.25. The smallest absolute Gasteiger partial charge is 0.139 e. The molecule has 0 aliphatic carbocycles. The van der Waals surface area contributed by atoms with E-state index in [0.29, 0.717) is 19.4 Å². The van der Waals surface area contributed by atoms with Crippen molar-refractivity contribution in [3.63, 3.8) is 0 Å². The molecule has 1 aliphatic rings. The zero-order valence-corrected chi connectivity index (χ0v) is 17.4. The molecule has 0 radical (unpaired) electrons. The Morgan fingerprint density at radius 3 is 2.77 bits per heavy atom. The van der Waals surface area contributed by atoms with Gasteiger partial charge >= 0.3 is 0 Å². The van der Waals surface area contributed by atoms with Crippen molar-refractivity contribution >= 4 is 11.5 Å². The van der Waals surface area contributed by atoms with Gasteiger partial charge in [-0.15, -0.1) is 0 Å². The summed E-state index contributed by atoms with van der Waals surface area (Å²) in [6.07, 6.45) is 6.07. The molecule has 1 atom stereocenters. The largest absolute Gasteiger partial charge is 0.497 e. The fourth-order valence-electron chi connectivity index (χ4n) is 3.72. The molecule has 0 bridgehead atoms. The van der Waals surface area contributed by atoms with E-state index >= 15 is 0 Å². The maximum atomic E-state index is 12.6. The van der Waals surface area contributed by atoms with Crippen LogP contribution in [0.1, 0.15) is 53.0 Å². The number of carbonyl (C=O) groups is 1. The first-order valence-corrected chi connectivity index (χ1v) is 10.0. The number of nitrogens with zero attached hydrogens (tertiary/aromatic N) is 4. The molecule has 0 spiro atoms. The quantitative estimate of drug-likeness (QED) is 0.602. The number of carbonyl (C=O) groups excluding carboxylic acids is 1. The first kappa shape index (κ1) is 19.9. The first-order chi connectivity index (χ1) is 14.5. The van der Waals surface area contributed by atoms with E-state index in [1.54, 1.807) is 25.6 Å². The molecular formula is C24H24N4O2. The number of ketones is 1. The predicted octanol–water partition coefficient (Wildman–Crippen LogP) is 3.85. The van der Waals surface area contributed by atoms with Gasteiger partial charge in [0.2, 0.25) is 0 Å². The second kappa shape index (κ2) is 8.53. The minimum absolute atomic E-state index is 0.0203. The molecule has 0 N–H and O–H groups in total. The molecule has 3 aromatic heterocycles. The topological polar surface area (TPSA) is 77.3 Å². The Morgan fingerprint density at radius 1 is 1.13 bits per heavy atom. The predicted molar refractivity (Wildman–Crippen MR) is 115 cm³/mol. The van der Waals surface area contributed by atoms with Crippen LogP contribution in [0, 0.1) is 6.92 Å². The van der Waals surface area contributed by atoms with Crippen LogP contribution in [-0.4, -0.2) is 33.6 Å². The van der Waals surface area contributed by atoms with Crippen LogP contribution in [0.4, 0.5) is 0 Å². The Bertz CT molecular complexity index is 1120. The van der Waals surface area contributed by atoms with Crippen molar-refractivity contribution in [2.24, 2.45) is 4.99 Å². The normalized spacial score (nSPS) is 13.5. The van der Waals surface area contributed by atoms with Crippen LogP contribution in [0.3, 0.4) is 0 Å². The van der Waals surface area contributed by atoms with Crippen LogP contribution in [0.5, 0.6) is 5.75 Å². The Balaban J connectivity index is 1.43. The van der Waals surface area contributed by atoms with Crippen molar-refractivity contribution in [1.82, 2.24) is 15.0 Å². The van der Waals surface area contributed by atoms with E-state index < -0.39 is 0 Å². The summed E-state index contributed by atoms with van der Waals surface area (Å²) in [5.41, 5.74) is 6.73. The molecule has 152 valence electrons. The number of rotatable bonds is 7. The summed E-state index contributed by atoms with van der Waals surface area (Å²) in [7, 11) is 1.62. The van der Waals surface area contributed by atoms with E-state index in [0.717, 1.165) is 45.2 Å². The fourth-order valence-corrected chi connectivity index (χ4v) is 3.72. The molecule has 0 fully saturated rings. The number of methoxy groups -OCH3 is 1. The Kier molecular flexibility index (Phi) is 5.65. The molecule has 0 amide bonds. The standard InChI is InChI=1S/C24H24N4O2/c1-15(23-12-21(30-3)5-7-26-23)8-20(29)11-19-10-18-13-28-24(22(18)14-27-19)17-4-6-25-16(2)9-17/h4-7,9-10,12,14-15H,8,11,13H2,1-3H3/t15-/m1/s1. The molecule has 0 aromatic carbocycles. The molecule has 6 heteroatoms. The number of Topliss-reactive ketones (excluding diaryl/α,β-unsaturated/α-hetero) is 1. The van der Waals surface area contributed by atoms with Gasteiger partial charge in [0.1, 0.15) is 11.5 Å². The van der Waals surface area contributed by atoms with Gasteiger partial charge in [-0.2, -0.15) is 0 Å². The van der Waals surface area contributed by atoms with Crippen LogP contribution in [-0.2, 0) is 17.8 Å². The Morgan fingerprint density at radius 2 is 1.97 bits per heavy atom. The third-order valence-corrected chi connectivity index (χ3v) is 5.28. The summed E-state index contributed by atoms with van der Waals surface area (Å²) in [4.78, 5) is 30.5. The zero-order valence-electron chi connectivity index (χ0n) is 17.4. The number of aromatic nitrogens is 3. The third-order valence-electron chi connectivity index (χ3n) is 5.28. The SMILES string of the molecule is COc1ccnc([C@H](C)CC(=O)Cc2cc3c(cn2)C(c2ccnc(C)c2)=NC3)c1. The maximum absolute atomic E-state index is 12.6. The molecule has 3 aromatic rings. The summed E-state index contributed by atoms with van der Waals surface area (Å²) in [5, 5.41) is 0. The minimum Gasteiger partial charge on any atom is -0.497 e. The van der Waals surface area contributed by atoms with E-state index in [1.807, 2.05) is 44.3 Å². The highest BCUT2D eigenvalue weighted by Crippen LogP contribution is 2.25. The van der Waals surface area contributed by atoms with Crippen molar-refractivity contribution in [2.45, 2.75) is 39.2 Å². The van der Waals surface area contributed by atoms with Gasteiger partial charge < -0.3 is 4.74 Å². The first-order valence-electron chi connectivity index (χ1n) is 10.0. The molecule has 30 heavy (non-hydrogen) atoms. The van der Waals surface area contributed by atoms with Crippen LogP contribution in [0.2, 0.25) is 0 Å². The van der Waals surface area contributed by atoms with Gasteiger partial charge in [0.25, 0.3) is 0 Å². The van der Waals surface area contributed by atoms with Crippen LogP contribution >= 0.6 is 0 Å². The number of aryl methyl sites for hydroxylation is 1. The molecule has 0 saturated heterocycles. The molecule has 0 unspecified atom stereocenters. The van der Waals surface area contributed by atoms with Crippen molar-refractivity contribution in [2.75, 3.05) is 7.11 Å². The second-order valence-electron chi connectivity index (χ2n) is 7.62. The number of pyridine rings is 3. The molecule has 4 heterocycles. The number of hydrogen-bond donors (Lipinski definition) is 0. The van der Waals surface area contributed by atoms with E-state index in [-0.39, 0.29) is 11.7 Å². The van der Waals surface area contributed by atoms with Gasteiger partial charge in [-0.05, 0) is 36.8 Å². The molecule has 6 nitrogen and oxygen atoms in total. The molecule has 0 saturated carbocycles. The number of hydrogen-bond acceptors (Lipinski definition) is 6. The van der Waals surface area contributed by atoms with Gasteiger partial charge in [0.15, 0.2) is 0 Å². The van der Waals surface area contributed by atoms with Gasteiger partial charge in [-0.1, -0.05) is 6.92 Å². The number of ether oxygens (including phenoxy) is 1. The number of aliphatic imine (C=N–C) groups is 1. The average molecular weight is 400 g/mol. The van der Waals surface area contributed by atoms with Gasteiger partial charge in [0, 0.05) is 71.6 Å². The maximum Gasteiger partial charge on any atom is 0.139 e. The summed E-state index contributed by atoms with van der Waals surface area (Å²) in [6, 6.07) is 9.68. The lowest BCUT2D eigenvalue weighted by Crippen LogP contribution is -2.10. The van der Waals surface area contributed by atoms with Crippen LogP contribution in [0.15, 0.2) is 53.9 Å². The van der Waals surface area contributed by atoms with E-state index in [4.69, 9.17) is 4.74 Å². The molecule has 4 rings (SSSR count). The van der Waals surface area contributed by atoms with Crippen molar-refractivity contribution in [1.29, 1.82) is 0 Å². The lowest BCUT2D eigenvalue weighted by Gasteiger charge is -2.11. The zero-order chi connectivity index (χ0) is 21.1. The van der Waals surface area contributed by atoms with Gasteiger partial charge in [-0.25, -0.2) is 0 Å². The lowest BCUT2D eigenvalue weighted by atomic mass is 9.97. The fraction of sp³-hybridized carbons (Fsp3) is 0.292. The van der Waals surface area contributed by atoms with Gasteiger partial charge in [0.05, 0.1) is 19.4 Å². The van der Waals surface area contributed by atoms with Crippen molar-refractivity contribution < 1.29 is 9.53 Å². The summed E-state index contributed by atoms with van der Waals surface area (Å²) >= 11 is 0. The van der Waals surface area contributed by atoms with E-state index in [9.17, 15) is 4.79 Å². The lowest BCUT2D eigenvalue weighted by molar-refractivity contribution is -0.118. The highest BCUT2D eigenvalue weighted by molar-refractivity contribution is 6.15. The molecule has 1 aliphatic heterocycles. The summed E-state index contributed by atoms with van der Waals surface area (Å²) in [5.74, 6) is 0.912. The summed E-state index contributed by atoms with van der Waals surface area (Å²) in [6.45, 7) is 4.58. The Labute approximate surface area is 176 Å². The third kappa shape index (κ3) is 4.27. The Hall–Kier alpha value is -3.41. The van der Waals surface area contributed by atoms with Crippen molar-refractivity contribution in [3.05, 3.63) is 82.7 Å². The van der Waals surface area contributed by atoms with E-state index in [1.165, 1.54) is 0 Å². The monoisotopic (exact) mass is 400 g/mol. The van der Waals surface area contributed by atoms with Crippen LogP contribution in [0.25, 0.3) is 0 Å². The minimum atomic E-state index is 0.0203. The molecular weight excluding hydrogens is 376 g/mol. The highest BCUT2D eigenvalue weighted by Gasteiger charge is 2.20. The van der Waals surface area contributed by atoms with Crippen LogP contribution < -0.4 is 4.74 Å². The van der Waals surface area contributed by atoms with E-state index in [2.05, 4.69) is 19.9 Å². The van der Waals surface area contributed by atoms with Crippen molar-refractivity contribution in [3.8, 4) is 5.75 Å². The second-order valence-corrected chi connectivity index (χ2v) is 7.62. The average Bonchev–Trinajstić information content (AvgIpc) is 3.17. The number of fused-ring (bicyclic) bond motifs is 1. The van der Waals surface area contributed by atoms with Gasteiger partial charge in [-0.3, -0.25) is 24.7 Å².